The van der Waals surface area contributed by atoms with Gasteiger partial charge in [-0.3, -0.25) is 0 Å². The number of benzene rings is 1. The van der Waals surface area contributed by atoms with E-state index < -0.39 is 0 Å². The number of aliphatic hydroxyl groups excluding tert-OH is 1. The number of ether oxygens (including phenoxy) is 2. The van der Waals surface area contributed by atoms with Crippen LogP contribution in [0, 0.1) is 5.92 Å². The Bertz CT molecular complexity index is 602. The summed E-state index contributed by atoms with van der Waals surface area (Å²) < 4.78 is 11.7. The number of aliphatic hydroxyl groups is 1. The number of hydrogen-bond acceptors (Lipinski definition) is 4. The molecule has 1 aromatic carbocycles. The van der Waals surface area contributed by atoms with Crippen LogP contribution in [0.15, 0.2) is 12.1 Å². The largest absolute Gasteiger partial charge is 0.493 e. The van der Waals surface area contributed by atoms with Gasteiger partial charge in [-0.25, -0.2) is 0 Å². The summed E-state index contributed by atoms with van der Waals surface area (Å²) in [6.45, 7) is 2.31. The van der Waals surface area contributed by atoms with Gasteiger partial charge in [0, 0.05) is 17.0 Å². The SMILES string of the molecule is CNC1(C)Cc2ccc(OC)c3c2C2C(CCC(O)C2O3)C1. The molecule has 2 aliphatic carbocycles. The Labute approximate surface area is 131 Å². The van der Waals surface area contributed by atoms with Crippen LogP contribution >= 0.6 is 0 Å². The van der Waals surface area contributed by atoms with Gasteiger partial charge in [0.15, 0.2) is 11.5 Å². The summed E-state index contributed by atoms with van der Waals surface area (Å²) in [4.78, 5) is 0. The first kappa shape index (κ1) is 14.3. The minimum Gasteiger partial charge on any atom is -0.493 e. The van der Waals surface area contributed by atoms with E-state index in [1.54, 1.807) is 7.11 Å². The summed E-state index contributed by atoms with van der Waals surface area (Å²) in [5.41, 5.74) is 2.74. The van der Waals surface area contributed by atoms with Gasteiger partial charge >= 0.3 is 0 Å². The lowest BCUT2D eigenvalue weighted by Gasteiger charge is -2.39. The summed E-state index contributed by atoms with van der Waals surface area (Å²) in [5, 5.41) is 14.0. The maximum atomic E-state index is 10.4. The highest BCUT2D eigenvalue weighted by molar-refractivity contribution is 5.57. The molecule has 0 spiro atoms. The molecule has 4 heteroatoms. The van der Waals surface area contributed by atoms with E-state index in [1.807, 2.05) is 6.07 Å². The van der Waals surface area contributed by atoms with E-state index in [2.05, 4.69) is 25.4 Å². The molecule has 120 valence electrons. The number of hydrogen-bond donors (Lipinski definition) is 2. The third kappa shape index (κ3) is 1.90. The van der Waals surface area contributed by atoms with E-state index in [0.717, 1.165) is 37.2 Å². The molecular formula is C18H25NO3. The molecule has 4 nitrogen and oxygen atoms in total. The minimum atomic E-state index is -0.370. The Hall–Kier alpha value is -1.26. The van der Waals surface area contributed by atoms with Gasteiger partial charge in [0.2, 0.25) is 0 Å². The molecule has 0 amide bonds. The number of nitrogens with one attached hydrogen (secondary N) is 1. The predicted molar refractivity (Wildman–Crippen MR) is 84.7 cm³/mol. The highest BCUT2D eigenvalue weighted by Gasteiger charge is 2.51. The van der Waals surface area contributed by atoms with Crippen molar-refractivity contribution in [2.45, 2.75) is 56.3 Å². The lowest BCUT2D eigenvalue weighted by molar-refractivity contribution is -0.0150. The van der Waals surface area contributed by atoms with E-state index in [1.165, 1.54) is 11.1 Å². The monoisotopic (exact) mass is 303 g/mol. The van der Waals surface area contributed by atoms with Gasteiger partial charge in [-0.05, 0) is 57.2 Å². The molecule has 5 atom stereocenters. The van der Waals surface area contributed by atoms with Crippen molar-refractivity contribution in [3.63, 3.8) is 0 Å². The van der Waals surface area contributed by atoms with E-state index in [9.17, 15) is 5.11 Å². The number of rotatable bonds is 2. The highest BCUT2D eigenvalue weighted by Crippen LogP contribution is 2.56. The zero-order valence-electron chi connectivity index (χ0n) is 13.6. The Balaban J connectivity index is 1.90. The topological polar surface area (TPSA) is 50.7 Å². The molecule has 0 radical (unpaired) electrons. The summed E-state index contributed by atoms with van der Waals surface area (Å²) in [7, 11) is 3.74. The number of methoxy groups -OCH3 is 1. The fourth-order valence-electron chi connectivity index (χ4n) is 4.84. The first-order valence-electron chi connectivity index (χ1n) is 8.30. The average molecular weight is 303 g/mol. The van der Waals surface area contributed by atoms with Gasteiger partial charge in [0.25, 0.3) is 0 Å². The van der Waals surface area contributed by atoms with Crippen LogP contribution in [0.4, 0.5) is 0 Å². The Morgan fingerprint density at radius 1 is 1.36 bits per heavy atom. The van der Waals surface area contributed by atoms with Crippen LogP contribution in [0.3, 0.4) is 0 Å². The van der Waals surface area contributed by atoms with Crippen LogP contribution in [-0.2, 0) is 6.42 Å². The molecule has 1 saturated carbocycles. The summed E-state index contributed by atoms with van der Waals surface area (Å²) in [5.74, 6) is 2.54. The second kappa shape index (κ2) is 4.87. The fraction of sp³-hybridized carbons (Fsp3) is 0.667. The molecule has 3 aliphatic rings. The van der Waals surface area contributed by atoms with E-state index in [4.69, 9.17) is 9.47 Å². The summed E-state index contributed by atoms with van der Waals surface area (Å²) >= 11 is 0. The molecule has 1 aliphatic heterocycles. The third-order valence-electron chi connectivity index (χ3n) is 6.03. The molecule has 2 N–H and O–H groups in total. The van der Waals surface area contributed by atoms with Crippen molar-refractivity contribution >= 4 is 0 Å². The Morgan fingerprint density at radius 2 is 2.18 bits per heavy atom. The quantitative estimate of drug-likeness (QED) is 0.880. The van der Waals surface area contributed by atoms with Crippen LogP contribution in [0.2, 0.25) is 0 Å². The smallest absolute Gasteiger partial charge is 0.165 e. The van der Waals surface area contributed by atoms with Crippen LogP contribution in [0.5, 0.6) is 11.5 Å². The van der Waals surface area contributed by atoms with Crippen molar-refractivity contribution in [1.82, 2.24) is 5.32 Å². The molecule has 1 heterocycles. The Morgan fingerprint density at radius 3 is 2.91 bits per heavy atom. The summed E-state index contributed by atoms with van der Waals surface area (Å²) in [6, 6.07) is 4.19. The third-order valence-corrected chi connectivity index (χ3v) is 6.03. The molecule has 22 heavy (non-hydrogen) atoms. The van der Waals surface area contributed by atoms with Crippen molar-refractivity contribution in [1.29, 1.82) is 0 Å². The fourth-order valence-corrected chi connectivity index (χ4v) is 4.84. The van der Waals surface area contributed by atoms with Gasteiger partial charge < -0.3 is 19.9 Å². The lowest BCUT2D eigenvalue weighted by Crippen LogP contribution is -2.46. The average Bonchev–Trinajstić information content (AvgIpc) is 2.86. The van der Waals surface area contributed by atoms with Crippen molar-refractivity contribution in [3.8, 4) is 11.5 Å². The standard InChI is InChI=1S/C18H25NO3/c1-18(19-2)8-10-4-6-12(20)16-14(10)15-11(9-18)5-7-13(21-3)17(15)22-16/h5,7,10,12,14,16,19-20H,4,6,8-9H2,1-3H3. The predicted octanol–water partition coefficient (Wildman–Crippen LogP) is 2.24. The molecule has 0 aromatic heterocycles. The second-order valence-corrected chi connectivity index (χ2v) is 7.37. The van der Waals surface area contributed by atoms with Gasteiger partial charge in [-0.2, -0.15) is 0 Å². The maximum absolute atomic E-state index is 10.4. The molecule has 1 fully saturated rings. The molecule has 0 bridgehead atoms. The first-order valence-corrected chi connectivity index (χ1v) is 8.30. The maximum Gasteiger partial charge on any atom is 0.165 e. The molecule has 1 aromatic rings. The van der Waals surface area contributed by atoms with E-state index >= 15 is 0 Å². The van der Waals surface area contributed by atoms with Crippen molar-refractivity contribution in [2.75, 3.05) is 14.2 Å². The molecule has 5 unspecified atom stereocenters. The zero-order chi connectivity index (χ0) is 15.5. The van der Waals surface area contributed by atoms with Crippen LogP contribution < -0.4 is 14.8 Å². The molecular weight excluding hydrogens is 278 g/mol. The lowest BCUT2D eigenvalue weighted by atomic mass is 9.71. The zero-order valence-corrected chi connectivity index (χ0v) is 13.6. The number of likely N-dealkylation sites (N-methyl/N-ethyl adjacent to an activating group) is 1. The van der Waals surface area contributed by atoms with Crippen molar-refractivity contribution in [2.24, 2.45) is 5.92 Å². The van der Waals surface area contributed by atoms with Crippen molar-refractivity contribution < 1.29 is 14.6 Å². The molecule has 4 rings (SSSR count). The van der Waals surface area contributed by atoms with Gasteiger partial charge in [0.05, 0.1) is 13.2 Å². The minimum absolute atomic E-state index is 0.101. The van der Waals surface area contributed by atoms with E-state index in [-0.39, 0.29) is 17.7 Å². The first-order chi connectivity index (χ1) is 10.6. The van der Waals surface area contributed by atoms with Gasteiger partial charge in [-0.1, -0.05) is 6.07 Å². The van der Waals surface area contributed by atoms with Crippen LogP contribution in [-0.4, -0.2) is 37.0 Å². The van der Waals surface area contributed by atoms with Gasteiger partial charge in [0.1, 0.15) is 6.10 Å². The van der Waals surface area contributed by atoms with E-state index in [0.29, 0.717) is 11.8 Å². The van der Waals surface area contributed by atoms with Gasteiger partial charge in [-0.15, -0.1) is 0 Å². The highest BCUT2D eigenvalue weighted by atomic mass is 16.5. The normalized spacial score (nSPS) is 38.9. The molecule has 0 saturated heterocycles. The van der Waals surface area contributed by atoms with Crippen molar-refractivity contribution in [3.05, 3.63) is 23.3 Å². The second-order valence-electron chi connectivity index (χ2n) is 7.37. The summed E-state index contributed by atoms with van der Waals surface area (Å²) in [6.07, 6.45) is 3.54. The Kier molecular flexibility index (Phi) is 3.17. The van der Waals surface area contributed by atoms with Crippen LogP contribution in [0.1, 0.15) is 43.2 Å². The van der Waals surface area contributed by atoms with Crippen LogP contribution in [0.25, 0.3) is 0 Å².